The first-order valence-electron chi connectivity index (χ1n) is 6.36. The van der Waals surface area contributed by atoms with Crippen molar-refractivity contribution in [2.45, 2.75) is 40.5 Å². The molecule has 1 amide bonds. The molecule has 1 heterocycles. The standard InChI is InChI=1S/C13H26N2O/c1-12(16)15-10-8-14(9-11-15)7-5-6-13(2,3)4/h5-11H2,1-4H3. The number of carbonyl (C=O) groups excluding carboxylic acids is 1. The predicted molar refractivity (Wildman–Crippen MR) is 67.4 cm³/mol. The molecule has 0 bridgehead atoms. The second-order valence-corrected chi connectivity index (χ2v) is 6.01. The largest absolute Gasteiger partial charge is 0.340 e. The molecule has 3 nitrogen and oxygen atoms in total. The number of amides is 1. The van der Waals surface area contributed by atoms with Crippen molar-refractivity contribution in [2.75, 3.05) is 32.7 Å². The highest BCUT2D eigenvalue weighted by Crippen LogP contribution is 2.20. The molecule has 1 rings (SSSR count). The Hall–Kier alpha value is -0.570. The van der Waals surface area contributed by atoms with E-state index < -0.39 is 0 Å². The van der Waals surface area contributed by atoms with Gasteiger partial charge in [0.25, 0.3) is 0 Å². The summed E-state index contributed by atoms with van der Waals surface area (Å²) in [6.07, 6.45) is 2.55. The third-order valence-corrected chi connectivity index (χ3v) is 3.22. The molecular weight excluding hydrogens is 200 g/mol. The predicted octanol–water partition coefficient (Wildman–Crippen LogP) is 1.98. The average molecular weight is 226 g/mol. The van der Waals surface area contributed by atoms with Gasteiger partial charge in [0.05, 0.1) is 0 Å². The molecule has 16 heavy (non-hydrogen) atoms. The molecule has 1 aliphatic rings. The van der Waals surface area contributed by atoms with Crippen LogP contribution in [0.4, 0.5) is 0 Å². The molecule has 0 aromatic carbocycles. The number of carbonyl (C=O) groups is 1. The summed E-state index contributed by atoms with van der Waals surface area (Å²) in [5.41, 5.74) is 0.446. The van der Waals surface area contributed by atoms with Gasteiger partial charge in [0.2, 0.25) is 5.91 Å². The molecule has 94 valence electrons. The molecule has 0 radical (unpaired) electrons. The SMILES string of the molecule is CC(=O)N1CCN(CCCC(C)(C)C)CC1. The van der Waals surface area contributed by atoms with E-state index in [1.165, 1.54) is 19.4 Å². The Kier molecular flexibility index (Phi) is 4.78. The zero-order chi connectivity index (χ0) is 12.2. The summed E-state index contributed by atoms with van der Waals surface area (Å²) in [5.74, 6) is 0.217. The van der Waals surface area contributed by atoms with Crippen molar-refractivity contribution in [3.63, 3.8) is 0 Å². The van der Waals surface area contributed by atoms with Gasteiger partial charge in [0, 0.05) is 33.1 Å². The second kappa shape index (κ2) is 5.67. The Bertz CT molecular complexity index is 225. The zero-order valence-corrected chi connectivity index (χ0v) is 11.3. The minimum absolute atomic E-state index is 0.217. The van der Waals surface area contributed by atoms with Crippen LogP contribution in [-0.2, 0) is 4.79 Å². The molecular formula is C13H26N2O. The van der Waals surface area contributed by atoms with Crippen molar-refractivity contribution in [3.05, 3.63) is 0 Å². The van der Waals surface area contributed by atoms with Crippen LogP contribution in [0.5, 0.6) is 0 Å². The molecule has 0 aromatic heterocycles. The average Bonchev–Trinajstić information content (AvgIpc) is 2.16. The van der Waals surface area contributed by atoms with Crippen LogP contribution in [-0.4, -0.2) is 48.4 Å². The van der Waals surface area contributed by atoms with Crippen molar-refractivity contribution in [1.82, 2.24) is 9.80 Å². The number of rotatable bonds is 3. The minimum atomic E-state index is 0.217. The quantitative estimate of drug-likeness (QED) is 0.734. The summed E-state index contributed by atoms with van der Waals surface area (Å²) in [6.45, 7) is 13.6. The first-order valence-corrected chi connectivity index (χ1v) is 6.36. The number of hydrogen-bond acceptors (Lipinski definition) is 2. The van der Waals surface area contributed by atoms with E-state index >= 15 is 0 Å². The number of nitrogens with zero attached hydrogens (tertiary/aromatic N) is 2. The maximum absolute atomic E-state index is 11.2. The van der Waals surface area contributed by atoms with Gasteiger partial charge in [-0.15, -0.1) is 0 Å². The molecule has 0 saturated carbocycles. The van der Waals surface area contributed by atoms with Gasteiger partial charge in [-0.2, -0.15) is 0 Å². The Morgan fingerprint density at radius 3 is 2.12 bits per heavy atom. The highest BCUT2D eigenvalue weighted by atomic mass is 16.2. The summed E-state index contributed by atoms with van der Waals surface area (Å²) < 4.78 is 0. The summed E-state index contributed by atoms with van der Waals surface area (Å²) in [7, 11) is 0. The molecule has 0 spiro atoms. The van der Waals surface area contributed by atoms with E-state index in [9.17, 15) is 4.79 Å². The molecule has 0 aliphatic carbocycles. The second-order valence-electron chi connectivity index (χ2n) is 6.01. The lowest BCUT2D eigenvalue weighted by molar-refractivity contribution is -0.130. The Morgan fingerprint density at radius 1 is 1.12 bits per heavy atom. The zero-order valence-electron chi connectivity index (χ0n) is 11.3. The number of hydrogen-bond donors (Lipinski definition) is 0. The maximum Gasteiger partial charge on any atom is 0.219 e. The van der Waals surface area contributed by atoms with Gasteiger partial charge in [-0.1, -0.05) is 20.8 Å². The highest BCUT2D eigenvalue weighted by Gasteiger charge is 2.18. The lowest BCUT2D eigenvalue weighted by Gasteiger charge is -2.34. The monoisotopic (exact) mass is 226 g/mol. The topological polar surface area (TPSA) is 23.6 Å². The van der Waals surface area contributed by atoms with Gasteiger partial charge in [-0.25, -0.2) is 0 Å². The summed E-state index contributed by atoms with van der Waals surface area (Å²) in [6, 6.07) is 0. The van der Waals surface area contributed by atoms with Crippen molar-refractivity contribution >= 4 is 5.91 Å². The van der Waals surface area contributed by atoms with Crippen molar-refractivity contribution in [1.29, 1.82) is 0 Å². The molecule has 0 N–H and O–H groups in total. The van der Waals surface area contributed by atoms with E-state index in [1.807, 2.05) is 4.90 Å². The van der Waals surface area contributed by atoms with E-state index in [1.54, 1.807) is 6.92 Å². The van der Waals surface area contributed by atoms with E-state index in [-0.39, 0.29) is 5.91 Å². The summed E-state index contributed by atoms with van der Waals surface area (Å²) >= 11 is 0. The van der Waals surface area contributed by atoms with Crippen LogP contribution in [0.15, 0.2) is 0 Å². The molecule has 1 fully saturated rings. The fourth-order valence-corrected chi connectivity index (χ4v) is 2.12. The summed E-state index contributed by atoms with van der Waals surface area (Å²) in [4.78, 5) is 15.6. The van der Waals surface area contributed by atoms with Crippen LogP contribution in [0, 0.1) is 5.41 Å². The van der Waals surface area contributed by atoms with Crippen molar-refractivity contribution < 1.29 is 4.79 Å². The Morgan fingerprint density at radius 2 is 1.69 bits per heavy atom. The summed E-state index contributed by atoms with van der Waals surface area (Å²) in [5, 5.41) is 0. The van der Waals surface area contributed by atoms with Crippen LogP contribution in [0.1, 0.15) is 40.5 Å². The third kappa shape index (κ3) is 4.97. The van der Waals surface area contributed by atoms with Gasteiger partial charge >= 0.3 is 0 Å². The third-order valence-electron chi connectivity index (χ3n) is 3.22. The van der Waals surface area contributed by atoms with E-state index in [0.29, 0.717) is 5.41 Å². The van der Waals surface area contributed by atoms with Crippen LogP contribution in [0.25, 0.3) is 0 Å². The normalized spacial score (nSPS) is 18.9. The van der Waals surface area contributed by atoms with Crippen LogP contribution < -0.4 is 0 Å². The van der Waals surface area contributed by atoms with Crippen LogP contribution in [0.3, 0.4) is 0 Å². The number of piperazine rings is 1. The fraction of sp³-hybridized carbons (Fsp3) is 0.923. The molecule has 0 atom stereocenters. The maximum atomic E-state index is 11.2. The molecule has 1 aliphatic heterocycles. The Labute approximate surface area is 99.8 Å². The van der Waals surface area contributed by atoms with Gasteiger partial charge in [0.1, 0.15) is 0 Å². The van der Waals surface area contributed by atoms with Crippen LogP contribution >= 0.6 is 0 Å². The van der Waals surface area contributed by atoms with Gasteiger partial charge in [-0.3, -0.25) is 9.69 Å². The van der Waals surface area contributed by atoms with Crippen molar-refractivity contribution in [3.8, 4) is 0 Å². The lowest BCUT2D eigenvalue weighted by atomic mass is 9.90. The first kappa shape index (κ1) is 13.5. The molecule has 0 aromatic rings. The first-order chi connectivity index (χ1) is 7.38. The smallest absolute Gasteiger partial charge is 0.219 e. The molecule has 3 heteroatoms. The van der Waals surface area contributed by atoms with Gasteiger partial charge in [0.15, 0.2) is 0 Å². The lowest BCUT2D eigenvalue weighted by Crippen LogP contribution is -2.48. The van der Waals surface area contributed by atoms with Gasteiger partial charge in [-0.05, 0) is 24.8 Å². The van der Waals surface area contributed by atoms with E-state index in [4.69, 9.17) is 0 Å². The van der Waals surface area contributed by atoms with E-state index in [0.717, 1.165) is 26.2 Å². The van der Waals surface area contributed by atoms with Crippen molar-refractivity contribution in [2.24, 2.45) is 5.41 Å². The van der Waals surface area contributed by atoms with E-state index in [2.05, 4.69) is 25.7 Å². The minimum Gasteiger partial charge on any atom is -0.340 e. The van der Waals surface area contributed by atoms with Gasteiger partial charge < -0.3 is 4.90 Å². The van der Waals surface area contributed by atoms with Crippen LogP contribution in [0.2, 0.25) is 0 Å². The molecule has 1 saturated heterocycles. The Balaban J connectivity index is 2.15. The highest BCUT2D eigenvalue weighted by molar-refractivity contribution is 5.73. The fourth-order valence-electron chi connectivity index (χ4n) is 2.12. The molecule has 0 unspecified atom stereocenters.